The van der Waals surface area contributed by atoms with Crippen molar-refractivity contribution in [3.63, 3.8) is 0 Å². The number of halogens is 3. The van der Waals surface area contributed by atoms with E-state index in [0.29, 0.717) is 0 Å². The average molecular weight is 268 g/mol. The molecule has 6 heteroatoms. The predicted molar refractivity (Wildman–Crippen MR) is 49.6 cm³/mol. The second-order valence-corrected chi connectivity index (χ2v) is 3.36. The molecule has 3 nitrogen and oxygen atoms in total. The van der Waals surface area contributed by atoms with Gasteiger partial charge < -0.3 is 9.94 Å². The summed E-state index contributed by atoms with van der Waals surface area (Å²) >= 11 is 2.83. The van der Waals surface area contributed by atoms with Gasteiger partial charge in [0.05, 0.1) is 18.1 Å². The molecule has 0 amide bonds. The van der Waals surface area contributed by atoms with Crippen LogP contribution in [0.15, 0.2) is 10.5 Å². The lowest BCUT2D eigenvalue weighted by Gasteiger charge is -2.08. The molecule has 0 heterocycles. The van der Waals surface area contributed by atoms with Crippen molar-refractivity contribution < 1.29 is 18.7 Å². The maximum atomic E-state index is 13.3. The van der Waals surface area contributed by atoms with E-state index in [4.69, 9.17) is 0 Å². The van der Waals surface area contributed by atoms with E-state index in [2.05, 4.69) is 26.2 Å². The zero-order valence-electron chi connectivity index (χ0n) is 7.27. The van der Waals surface area contributed by atoms with Gasteiger partial charge in [-0.3, -0.25) is 0 Å². The lowest BCUT2D eigenvalue weighted by Crippen LogP contribution is -2.12. The third-order valence-electron chi connectivity index (χ3n) is 1.63. The van der Waals surface area contributed by atoms with Crippen LogP contribution in [0.25, 0.3) is 0 Å². The van der Waals surface area contributed by atoms with Crippen LogP contribution in [0.3, 0.4) is 0 Å². The lowest BCUT2D eigenvalue weighted by molar-refractivity contribution is 0.0851. The topological polar surface area (TPSA) is 41.5 Å². The molecule has 1 rings (SSSR count). The fourth-order valence-corrected chi connectivity index (χ4v) is 1.38. The highest BCUT2D eigenvalue weighted by Gasteiger charge is 2.16. The number of rotatable bonds is 3. The summed E-state index contributed by atoms with van der Waals surface area (Å²) < 4.78 is 26.2. The molecule has 0 aliphatic rings. The summed E-state index contributed by atoms with van der Waals surface area (Å²) in [5.41, 5.74) is 2.13. The van der Waals surface area contributed by atoms with Crippen LogP contribution in [-0.2, 0) is 11.4 Å². The number of phenols is 1. The van der Waals surface area contributed by atoms with Gasteiger partial charge in [-0.15, -0.1) is 0 Å². The van der Waals surface area contributed by atoms with Gasteiger partial charge in [-0.25, -0.2) is 8.78 Å². The molecule has 0 spiro atoms. The summed E-state index contributed by atoms with van der Waals surface area (Å²) in [6.07, 6.45) is 0. The molecule has 1 aromatic carbocycles. The van der Waals surface area contributed by atoms with Crippen LogP contribution in [0.4, 0.5) is 8.78 Å². The molecule has 0 aromatic heterocycles. The third kappa shape index (κ3) is 2.20. The van der Waals surface area contributed by atoms with Crippen LogP contribution in [0, 0.1) is 11.6 Å². The van der Waals surface area contributed by atoms with Gasteiger partial charge in [-0.2, -0.15) is 5.48 Å². The normalized spacial score (nSPS) is 10.6. The van der Waals surface area contributed by atoms with Gasteiger partial charge >= 0.3 is 0 Å². The molecule has 0 saturated heterocycles. The Hall–Kier alpha value is -0.720. The van der Waals surface area contributed by atoms with Crippen LogP contribution in [-0.4, -0.2) is 12.2 Å². The molecule has 78 valence electrons. The highest BCUT2D eigenvalue weighted by molar-refractivity contribution is 9.10. The molecule has 0 fully saturated rings. The van der Waals surface area contributed by atoms with E-state index in [-0.39, 0.29) is 16.6 Å². The average Bonchev–Trinajstić information content (AvgIpc) is 2.15. The van der Waals surface area contributed by atoms with Crippen LogP contribution in [0.1, 0.15) is 5.56 Å². The Morgan fingerprint density at radius 2 is 2.21 bits per heavy atom. The van der Waals surface area contributed by atoms with Crippen LogP contribution >= 0.6 is 15.9 Å². The van der Waals surface area contributed by atoms with Gasteiger partial charge in [0.2, 0.25) is 0 Å². The van der Waals surface area contributed by atoms with Gasteiger partial charge in [0.25, 0.3) is 0 Å². The summed E-state index contributed by atoms with van der Waals surface area (Å²) in [7, 11) is 1.34. The Morgan fingerprint density at radius 1 is 1.57 bits per heavy atom. The Morgan fingerprint density at radius 3 is 2.79 bits per heavy atom. The van der Waals surface area contributed by atoms with Crippen molar-refractivity contribution in [2.24, 2.45) is 0 Å². The summed E-state index contributed by atoms with van der Waals surface area (Å²) in [6, 6.07) is 0.862. The molecular weight excluding hydrogens is 260 g/mol. The second kappa shape index (κ2) is 4.68. The summed E-state index contributed by atoms with van der Waals surface area (Å²) in [5.74, 6) is -2.31. The Balaban J connectivity index is 3.11. The SMILES string of the molecule is CONCc1c(O)c(F)cc(Br)c1F. The predicted octanol–water partition coefficient (Wildman–Crippen LogP) is 2.08. The summed E-state index contributed by atoms with van der Waals surface area (Å²) in [5, 5.41) is 9.20. The van der Waals surface area contributed by atoms with Crippen molar-refractivity contribution in [2.45, 2.75) is 6.54 Å². The fraction of sp³-hybridized carbons (Fsp3) is 0.250. The van der Waals surface area contributed by atoms with E-state index in [0.717, 1.165) is 6.07 Å². The maximum absolute atomic E-state index is 13.3. The second-order valence-electron chi connectivity index (χ2n) is 2.51. The van der Waals surface area contributed by atoms with Crippen molar-refractivity contribution in [3.8, 4) is 5.75 Å². The van der Waals surface area contributed by atoms with Crippen LogP contribution < -0.4 is 5.48 Å². The first kappa shape index (κ1) is 11.4. The molecule has 0 aliphatic heterocycles. The largest absolute Gasteiger partial charge is 0.505 e. The molecule has 0 bridgehead atoms. The highest BCUT2D eigenvalue weighted by Crippen LogP contribution is 2.29. The van der Waals surface area contributed by atoms with E-state index in [1.165, 1.54) is 7.11 Å². The minimum atomic E-state index is -0.883. The maximum Gasteiger partial charge on any atom is 0.166 e. The van der Waals surface area contributed by atoms with Gasteiger partial charge in [0, 0.05) is 5.56 Å². The Labute approximate surface area is 87.8 Å². The zero-order valence-corrected chi connectivity index (χ0v) is 8.86. The van der Waals surface area contributed by atoms with Crippen LogP contribution in [0.2, 0.25) is 0 Å². The van der Waals surface area contributed by atoms with Gasteiger partial charge in [0.15, 0.2) is 11.6 Å². The van der Waals surface area contributed by atoms with Gasteiger partial charge in [-0.1, -0.05) is 0 Å². The van der Waals surface area contributed by atoms with Crippen molar-refractivity contribution in [3.05, 3.63) is 27.7 Å². The molecule has 0 unspecified atom stereocenters. The zero-order chi connectivity index (χ0) is 10.7. The first-order valence-electron chi connectivity index (χ1n) is 3.69. The van der Waals surface area contributed by atoms with Gasteiger partial charge in [0.1, 0.15) is 5.82 Å². The number of benzene rings is 1. The third-order valence-corrected chi connectivity index (χ3v) is 2.21. The Kier molecular flexibility index (Phi) is 3.79. The molecular formula is C8H8BrF2NO2. The van der Waals surface area contributed by atoms with E-state index in [1.54, 1.807) is 0 Å². The minimum Gasteiger partial charge on any atom is -0.505 e. The van der Waals surface area contributed by atoms with E-state index < -0.39 is 17.4 Å². The summed E-state index contributed by atoms with van der Waals surface area (Å²) in [6.45, 7) is -0.121. The highest BCUT2D eigenvalue weighted by atomic mass is 79.9. The number of aromatic hydroxyl groups is 1. The lowest BCUT2D eigenvalue weighted by atomic mass is 10.2. The first-order chi connectivity index (χ1) is 6.57. The summed E-state index contributed by atoms with van der Waals surface area (Å²) in [4.78, 5) is 4.47. The van der Waals surface area contributed by atoms with Crippen molar-refractivity contribution in [1.29, 1.82) is 0 Å². The number of phenolic OH excluding ortho intramolecular Hbond substituents is 1. The standard InChI is InChI=1S/C8H8BrF2NO2/c1-14-12-3-4-7(11)5(9)2-6(10)8(4)13/h2,12-13H,3H2,1H3. The quantitative estimate of drug-likeness (QED) is 0.651. The molecule has 0 atom stereocenters. The number of hydrogen-bond donors (Lipinski definition) is 2. The fourth-order valence-electron chi connectivity index (χ4n) is 0.941. The number of hydroxylamine groups is 1. The van der Waals surface area contributed by atoms with E-state index in [1.807, 2.05) is 0 Å². The minimum absolute atomic E-state index is 0.0410. The smallest absolute Gasteiger partial charge is 0.166 e. The van der Waals surface area contributed by atoms with Crippen molar-refractivity contribution >= 4 is 15.9 Å². The number of hydrogen-bond acceptors (Lipinski definition) is 3. The molecule has 0 radical (unpaired) electrons. The van der Waals surface area contributed by atoms with Crippen molar-refractivity contribution in [2.75, 3.05) is 7.11 Å². The van der Waals surface area contributed by atoms with Gasteiger partial charge in [-0.05, 0) is 22.0 Å². The monoisotopic (exact) mass is 267 g/mol. The first-order valence-corrected chi connectivity index (χ1v) is 4.48. The molecule has 0 saturated carbocycles. The molecule has 14 heavy (non-hydrogen) atoms. The van der Waals surface area contributed by atoms with E-state index >= 15 is 0 Å². The van der Waals surface area contributed by atoms with Crippen molar-refractivity contribution in [1.82, 2.24) is 5.48 Å². The molecule has 0 aliphatic carbocycles. The molecule has 1 aromatic rings. The van der Waals surface area contributed by atoms with Crippen LogP contribution in [0.5, 0.6) is 5.75 Å². The number of nitrogens with one attached hydrogen (secondary N) is 1. The van der Waals surface area contributed by atoms with E-state index in [9.17, 15) is 13.9 Å². The molecule has 2 N–H and O–H groups in total. The Bertz CT molecular complexity index is 320.